The van der Waals surface area contributed by atoms with Gasteiger partial charge in [0.1, 0.15) is 24.0 Å². The molecule has 0 spiro atoms. The Labute approximate surface area is 197 Å². The van der Waals surface area contributed by atoms with Crippen molar-refractivity contribution in [2.45, 2.75) is 44.8 Å². The first-order valence-electron chi connectivity index (χ1n) is 10.9. The number of hydrogen-bond donors (Lipinski definition) is 2. The Balaban J connectivity index is 1.98. The molecule has 0 aromatic heterocycles. The van der Waals surface area contributed by atoms with Crippen LogP contribution >= 0.6 is 0 Å². The molecule has 3 aromatic rings. The number of hydrogen-bond acceptors (Lipinski definition) is 5. The third-order valence-corrected chi connectivity index (χ3v) is 5.53. The summed E-state index contributed by atoms with van der Waals surface area (Å²) < 4.78 is 33.3. The van der Waals surface area contributed by atoms with Crippen LogP contribution in [0.5, 0.6) is 5.75 Å². The predicted octanol–water partition coefficient (Wildman–Crippen LogP) is 3.39. The summed E-state index contributed by atoms with van der Waals surface area (Å²) in [5, 5.41) is 30.7. The van der Waals surface area contributed by atoms with Crippen LogP contribution in [0.4, 0.5) is 8.78 Å². The van der Waals surface area contributed by atoms with Crippen LogP contribution in [0.15, 0.2) is 60.7 Å². The molecule has 0 saturated heterocycles. The zero-order valence-corrected chi connectivity index (χ0v) is 19.0. The second-order valence-electron chi connectivity index (χ2n) is 8.47. The molecule has 1 unspecified atom stereocenters. The van der Waals surface area contributed by atoms with Gasteiger partial charge in [-0.3, -0.25) is 0 Å². The molecular formula is C27H27F2O5-. The summed E-state index contributed by atoms with van der Waals surface area (Å²) in [6.07, 6.45) is -3.14. The third-order valence-electron chi connectivity index (χ3n) is 5.53. The Morgan fingerprint density at radius 2 is 1.44 bits per heavy atom. The van der Waals surface area contributed by atoms with Gasteiger partial charge in [-0.1, -0.05) is 42.0 Å². The van der Waals surface area contributed by atoms with Crippen molar-refractivity contribution in [1.82, 2.24) is 0 Å². The fourth-order valence-corrected chi connectivity index (χ4v) is 4.10. The van der Waals surface area contributed by atoms with Gasteiger partial charge in [0.15, 0.2) is 0 Å². The number of aliphatic hydroxyl groups is 2. The van der Waals surface area contributed by atoms with E-state index in [9.17, 15) is 28.9 Å². The molecule has 0 bridgehead atoms. The molecule has 0 radical (unpaired) electrons. The van der Waals surface area contributed by atoms with Gasteiger partial charge in [-0.05, 0) is 54.8 Å². The lowest BCUT2D eigenvalue weighted by Gasteiger charge is -2.25. The molecule has 180 valence electrons. The number of aliphatic carboxylic acids is 1. The highest BCUT2D eigenvalue weighted by molar-refractivity contribution is 5.64. The lowest BCUT2D eigenvalue weighted by molar-refractivity contribution is -0.307. The van der Waals surface area contributed by atoms with Crippen LogP contribution in [-0.4, -0.2) is 35.0 Å². The number of benzene rings is 3. The van der Waals surface area contributed by atoms with Gasteiger partial charge >= 0.3 is 0 Å². The number of carboxylic acids is 1. The zero-order chi connectivity index (χ0) is 24.8. The molecule has 0 aliphatic heterocycles. The maximum atomic E-state index is 13.6. The Morgan fingerprint density at radius 3 is 1.94 bits per heavy atom. The van der Waals surface area contributed by atoms with Gasteiger partial charge in [-0.15, -0.1) is 0 Å². The minimum Gasteiger partial charge on any atom is -0.550 e. The lowest BCUT2D eigenvalue weighted by atomic mass is 9.83. The van der Waals surface area contributed by atoms with E-state index in [0.717, 1.165) is 27.8 Å². The first-order chi connectivity index (χ1) is 16.1. The Bertz CT molecular complexity index is 1070. The van der Waals surface area contributed by atoms with Crippen molar-refractivity contribution >= 4 is 5.97 Å². The van der Waals surface area contributed by atoms with E-state index < -0.39 is 30.5 Å². The molecule has 0 amide bonds. The Morgan fingerprint density at radius 1 is 0.912 bits per heavy atom. The number of rotatable bonds is 10. The maximum absolute atomic E-state index is 13.6. The average molecular weight is 470 g/mol. The van der Waals surface area contributed by atoms with E-state index in [4.69, 9.17) is 4.74 Å². The minimum absolute atomic E-state index is 0.180. The largest absolute Gasteiger partial charge is 0.550 e. The van der Waals surface area contributed by atoms with Crippen LogP contribution in [0.25, 0.3) is 0 Å². The van der Waals surface area contributed by atoms with Crippen molar-refractivity contribution in [1.29, 1.82) is 0 Å². The highest BCUT2D eigenvalue weighted by Crippen LogP contribution is 2.40. The van der Waals surface area contributed by atoms with E-state index in [0.29, 0.717) is 5.75 Å². The van der Waals surface area contributed by atoms with Crippen molar-refractivity contribution in [3.8, 4) is 5.75 Å². The van der Waals surface area contributed by atoms with Crippen molar-refractivity contribution < 1.29 is 33.6 Å². The van der Waals surface area contributed by atoms with Crippen LogP contribution in [-0.2, 0) is 4.79 Å². The van der Waals surface area contributed by atoms with Gasteiger partial charge in [0.05, 0.1) is 12.2 Å². The van der Waals surface area contributed by atoms with E-state index in [1.165, 1.54) is 24.3 Å². The van der Waals surface area contributed by atoms with Crippen molar-refractivity contribution in [2.24, 2.45) is 0 Å². The fourth-order valence-electron chi connectivity index (χ4n) is 4.10. The maximum Gasteiger partial charge on any atom is 0.126 e. The van der Waals surface area contributed by atoms with Crippen molar-refractivity contribution in [3.05, 3.63) is 100 Å². The quantitative estimate of drug-likeness (QED) is 0.445. The third kappa shape index (κ3) is 6.62. The molecule has 0 heterocycles. The fraction of sp³-hybridized carbons (Fsp3) is 0.296. The summed E-state index contributed by atoms with van der Waals surface area (Å²) in [6.45, 7) is 3.61. The van der Waals surface area contributed by atoms with Gasteiger partial charge in [-0.2, -0.15) is 0 Å². The lowest BCUT2D eigenvalue weighted by Crippen LogP contribution is -2.31. The van der Waals surface area contributed by atoms with Gasteiger partial charge in [0, 0.05) is 30.3 Å². The predicted molar refractivity (Wildman–Crippen MR) is 121 cm³/mol. The number of carbonyl (C=O) groups is 1. The highest BCUT2D eigenvalue weighted by Gasteiger charge is 2.24. The molecule has 7 heteroatoms. The molecule has 2 N–H and O–H groups in total. The second-order valence-corrected chi connectivity index (χ2v) is 8.47. The first-order valence-corrected chi connectivity index (χ1v) is 10.9. The number of halogens is 2. The first kappa shape index (κ1) is 25.3. The molecule has 3 aromatic carbocycles. The van der Waals surface area contributed by atoms with Crippen LogP contribution in [0, 0.1) is 25.5 Å². The Kier molecular flexibility index (Phi) is 8.36. The summed E-state index contributed by atoms with van der Waals surface area (Å²) in [6, 6.07) is 15.9. The van der Waals surface area contributed by atoms with Gasteiger partial charge in [0.25, 0.3) is 0 Å². The second kappa shape index (κ2) is 11.2. The van der Waals surface area contributed by atoms with Crippen molar-refractivity contribution in [3.63, 3.8) is 0 Å². The molecule has 0 aliphatic carbocycles. The molecule has 34 heavy (non-hydrogen) atoms. The van der Waals surface area contributed by atoms with E-state index >= 15 is 0 Å². The van der Waals surface area contributed by atoms with Crippen LogP contribution in [0.3, 0.4) is 0 Å². The number of aliphatic hydroxyl groups excluding tert-OH is 2. The summed E-state index contributed by atoms with van der Waals surface area (Å²) >= 11 is 0. The highest BCUT2D eigenvalue weighted by atomic mass is 19.1. The molecule has 3 rings (SSSR count). The standard InChI is InChI=1S/C27H28F2O5/c1-16-11-17(2)27(34-15-23(31)13-22(30)14-25(32)33)24(12-16)26(18-3-7-20(28)8-4-18)19-5-9-21(29)10-6-19/h3-12,22-23,26,30-31H,13-15H2,1-2H3,(H,32,33)/p-1/t22-,23?/m1/s1. The summed E-state index contributed by atoms with van der Waals surface area (Å²) in [7, 11) is 0. The summed E-state index contributed by atoms with van der Waals surface area (Å²) in [5.41, 5.74) is 4.05. The summed E-state index contributed by atoms with van der Waals surface area (Å²) in [4.78, 5) is 10.6. The number of ether oxygens (including phenoxy) is 1. The number of aryl methyl sites for hydroxylation is 2. The van der Waals surface area contributed by atoms with Gasteiger partial charge in [0.2, 0.25) is 0 Å². The van der Waals surface area contributed by atoms with E-state index in [-0.39, 0.29) is 24.7 Å². The average Bonchev–Trinajstić information content (AvgIpc) is 2.75. The van der Waals surface area contributed by atoms with Crippen molar-refractivity contribution in [2.75, 3.05) is 6.61 Å². The molecule has 5 nitrogen and oxygen atoms in total. The molecular weight excluding hydrogens is 442 g/mol. The van der Waals surface area contributed by atoms with E-state index in [1.807, 2.05) is 26.0 Å². The SMILES string of the molecule is Cc1cc(C)c(OCC(O)C[C@@H](O)CC(=O)[O-])c(C(c2ccc(F)cc2)c2ccc(F)cc2)c1. The smallest absolute Gasteiger partial charge is 0.126 e. The molecule has 0 fully saturated rings. The van der Waals surface area contributed by atoms with Crippen LogP contribution in [0.1, 0.15) is 46.6 Å². The van der Waals surface area contributed by atoms with Crippen LogP contribution < -0.4 is 9.84 Å². The zero-order valence-electron chi connectivity index (χ0n) is 19.0. The minimum atomic E-state index is -1.40. The number of carbonyl (C=O) groups excluding carboxylic acids is 1. The Hall–Kier alpha value is -3.29. The number of carboxylic acid groups (broad SMARTS) is 1. The normalized spacial score (nSPS) is 13.0. The van der Waals surface area contributed by atoms with Crippen LogP contribution in [0.2, 0.25) is 0 Å². The topological polar surface area (TPSA) is 89.8 Å². The van der Waals surface area contributed by atoms with E-state index in [1.54, 1.807) is 24.3 Å². The molecule has 0 aliphatic rings. The van der Waals surface area contributed by atoms with Gasteiger partial charge < -0.3 is 24.9 Å². The summed E-state index contributed by atoms with van der Waals surface area (Å²) in [5.74, 6) is -2.07. The van der Waals surface area contributed by atoms with E-state index in [2.05, 4.69) is 0 Å². The van der Waals surface area contributed by atoms with Gasteiger partial charge in [-0.25, -0.2) is 8.78 Å². The molecule has 0 saturated carbocycles. The molecule has 2 atom stereocenters. The monoisotopic (exact) mass is 469 g/mol.